The van der Waals surface area contributed by atoms with Gasteiger partial charge in [-0.2, -0.15) is 0 Å². The van der Waals surface area contributed by atoms with Crippen molar-refractivity contribution in [1.82, 2.24) is 0 Å². The Bertz CT molecular complexity index is 9.22. The van der Waals surface area contributed by atoms with Crippen molar-refractivity contribution in [3.8, 4) is 0 Å². The summed E-state index contributed by atoms with van der Waals surface area (Å²) in [4.78, 5) is 0. The molecule has 0 fully saturated rings. The molecule has 0 atom stereocenters. The van der Waals surface area contributed by atoms with Gasteiger partial charge in [0.15, 0.2) is 0 Å². The second-order valence-electron chi connectivity index (χ2n) is 0. The smallest absolute Gasteiger partial charge is 0.0149 e. The van der Waals surface area contributed by atoms with Crippen LogP contribution in [0, 0.1) is 7.18 Å². The number of hydrogen-bond donors (Lipinski definition) is 0. The summed E-state index contributed by atoms with van der Waals surface area (Å²) in [5.41, 5.74) is 0. The molecule has 10 heavy (non-hydrogen) atoms. The molecule has 0 saturated carbocycles. The molecule has 0 bridgehead atoms. The molecule has 0 unspecified atom stereocenters. The molecule has 0 heterocycles. The second kappa shape index (κ2) is 4310. The summed E-state index contributed by atoms with van der Waals surface area (Å²) in [5, 5.41) is 0. The van der Waals surface area contributed by atoms with E-state index in [4.69, 9.17) is 4.39 Å². The molecular formula is CH8F8Si. The quantitative estimate of drug-likeness (QED) is 0.269. The third kappa shape index (κ3) is 2880. The molecular weight excluding hydrogens is 192 g/mol. The van der Waals surface area contributed by atoms with Crippen LogP contribution < -0.4 is 14.1 Å². The third-order valence-electron chi connectivity index (χ3n) is 0. The molecule has 0 rings (SSSR count). The van der Waals surface area contributed by atoms with E-state index in [2.05, 4.69) is 7.18 Å². The van der Waals surface area contributed by atoms with Crippen molar-refractivity contribution < 1.29 is 37.3 Å². The Labute approximate surface area is 56.8 Å². The van der Waals surface area contributed by atoms with Crippen LogP contribution in [0.5, 0.6) is 0 Å². The maximum atomic E-state index is 8.75. The van der Waals surface area contributed by atoms with Crippen LogP contribution in [0.25, 0.3) is 0 Å². The summed E-state index contributed by atoms with van der Waals surface area (Å²) in [6, 6.07) is 0. The van der Waals surface area contributed by atoms with E-state index < -0.39 is 0 Å². The van der Waals surface area contributed by atoms with E-state index in [9.17, 15) is 0 Å². The molecule has 0 nitrogen and oxygen atoms in total. The average Bonchev–Trinajstić information content (AvgIpc) is 1.00. The Morgan fingerprint density at radius 3 is 0.600 bits per heavy atom. The molecule has 0 saturated heterocycles. The van der Waals surface area contributed by atoms with Crippen molar-refractivity contribution in [3.05, 3.63) is 7.18 Å². The third-order valence-corrected chi connectivity index (χ3v) is 0. The molecule has 72 valence electrons. The fraction of sp³-hybridized carbons (Fsp3) is 0. The van der Waals surface area contributed by atoms with Crippen molar-refractivity contribution in [3.63, 3.8) is 0 Å². The Kier molecular flexibility index (Phi) is 723000. The Morgan fingerprint density at radius 2 is 0.600 bits per heavy atom. The van der Waals surface area contributed by atoms with Crippen LogP contribution in [0.3, 0.4) is 0 Å². The fourth-order valence-corrected chi connectivity index (χ4v) is 0. The van der Waals surface area contributed by atoms with E-state index in [-0.39, 0.29) is 43.9 Å². The van der Waals surface area contributed by atoms with Crippen LogP contribution in [0.1, 0.15) is 0 Å². The van der Waals surface area contributed by atoms with Crippen LogP contribution in [0.15, 0.2) is 0 Å². The van der Waals surface area contributed by atoms with Gasteiger partial charge in [0.1, 0.15) is 0 Å². The maximum Gasteiger partial charge on any atom is -0.0149 e. The summed E-state index contributed by atoms with van der Waals surface area (Å²) < 4.78 is 8.75. The summed E-state index contributed by atoms with van der Waals surface area (Å²) >= 11 is 0. The summed E-state index contributed by atoms with van der Waals surface area (Å²) in [5.74, 6) is 0. The summed E-state index contributed by atoms with van der Waals surface area (Å²) in [7, 11) is 4.25. The molecule has 0 aromatic heterocycles. The van der Waals surface area contributed by atoms with E-state index in [0.29, 0.717) is 0 Å². The predicted octanol–water partition coefficient (Wildman–Crippen LogP) is -9.33. The number of hydrogen-bond acceptors (Lipinski definition) is 0. The van der Waals surface area contributed by atoms with Crippen molar-refractivity contribution in [2.45, 2.75) is 0 Å². The first kappa shape index (κ1) is 1680. The molecule has 0 amide bonds. The van der Waals surface area contributed by atoms with Gasteiger partial charge in [0.2, 0.25) is 0 Å². The molecule has 0 aliphatic rings. The Morgan fingerprint density at radius 1 is 0.600 bits per heavy atom. The predicted molar refractivity (Wildman–Crippen MR) is 25.7 cm³/mol. The van der Waals surface area contributed by atoms with Gasteiger partial charge >= 0.3 is 11.6 Å². The van der Waals surface area contributed by atoms with E-state index in [1.165, 1.54) is 0 Å². The van der Waals surface area contributed by atoms with Gasteiger partial charge in [-0.25, -0.2) is 0 Å². The Balaban J connectivity index is -0.000000000179. The molecule has 0 aromatic rings. The van der Waals surface area contributed by atoms with Crippen molar-refractivity contribution in [2.75, 3.05) is 0 Å². The molecule has 0 aliphatic heterocycles. The maximum absolute atomic E-state index is 8.75. The SMILES string of the molecule is F.F.F.F.[C+3]F.[F-].[F-].[F-].[SiH4]. The zero-order chi connectivity index (χ0) is 2.00. The van der Waals surface area contributed by atoms with Crippen molar-refractivity contribution >= 4 is 11.0 Å². The standard InChI is InChI=1S/CF.7FH.H4Si/c1-2;;;;;;;;/h;7*1H;1H4/q+3;;;;;;;;/p-3. The molecule has 0 aromatic carbocycles. The van der Waals surface area contributed by atoms with Crippen molar-refractivity contribution in [2.24, 2.45) is 0 Å². The zero-order valence-electron chi connectivity index (χ0n) is 3.64. The Hall–Kier alpha value is -0.343. The van der Waals surface area contributed by atoms with Gasteiger partial charge in [-0.05, 0) is 11.0 Å². The first-order valence-electron chi connectivity index (χ1n) is 0.189. The van der Waals surface area contributed by atoms with Gasteiger partial charge in [-0.3, -0.25) is 18.8 Å². The molecule has 9 heteroatoms. The van der Waals surface area contributed by atoms with Crippen molar-refractivity contribution in [1.29, 1.82) is 0 Å². The molecule has 0 aliphatic carbocycles. The summed E-state index contributed by atoms with van der Waals surface area (Å²) in [6.45, 7) is 0. The zero-order valence-corrected chi connectivity index (χ0v) is 3.64. The van der Waals surface area contributed by atoms with Crippen LogP contribution >= 0.6 is 0 Å². The number of rotatable bonds is 0. The minimum Gasteiger partial charge on any atom is -1.00 e. The first-order valence-corrected chi connectivity index (χ1v) is 0.189. The second-order valence-corrected chi connectivity index (χ2v) is 0. The van der Waals surface area contributed by atoms with Gasteiger partial charge in [0, 0.05) is 0 Å². The normalized spacial score (nSPS) is 0.700. The van der Waals surface area contributed by atoms with Crippen LogP contribution in [-0.2, 0) is 0 Å². The van der Waals surface area contributed by atoms with Gasteiger partial charge in [-0.1, -0.05) is 0 Å². The van der Waals surface area contributed by atoms with Gasteiger partial charge in [0.25, 0.3) is 0 Å². The first-order chi connectivity index (χ1) is 1.00. The van der Waals surface area contributed by atoms with Crippen LogP contribution in [0.4, 0.5) is 23.2 Å². The largest absolute Gasteiger partial charge is 1.00 e. The van der Waals surface area contributed by atoms with Crippen LogP contribution in [0.2, 0.25) is 0 Å². The minimum absolute atomic E-state index is 0. The monoisotopic (exact) mass is 200 g/mol. The summed E-state index contributed by atoms with van der Waals surface area (Å²) in [6.07, 6.45) is 0. The number of halogens is 8. The molecule has 0 spiro atoms. The topological polar surface area (TPSA) is 0 Å². The van der Waals surface area contributed by atoms with E-state index >= 15 is 0 Å². The van der Waals surface area contributed by atoms with Gasteiger partial charge in [0.05, 0.1) is 0 Å². The van der Waals surface area contributed by atoms with Gasteiger partial charge < -0.3 is 14.1 Å². The minimum atomic E-state index is 0. The van der Waals surface area contributed by atoms with E-state index in [0.717, 1.165) is 0 Å². The van der Waals surface area contributed by atoms with E-state index in [1.54, 1.807) is 0 Å². The van der Waals surface area contributed by atoms with Gasteiger partial charge in [-0.15, -0.1) is 0 Å². The van der Waals surface area contributed by atoms with E-state index in [1.807, 2.05) is 0 Å². The molecule has 0 N–H and O–H groups in total. The fourth-order valence-electron chi connectivity index (χ4n) is 0. The average molecular weight is 200 g/mol. The van der Waals surface area contributed by atoms with Crippen LogP contribution in [-0.4, -0.2) is 11.0 Å². The molecule has 0 radical (unpaired) electrons.